The molecule has 2 heterocycles. The summed E-state index contributed by atoms with van der Waals surface area (Å²) in [4.78, 5) is 16.3. The molecule has 25 heavy (non-hydrogen) atoms. The molecule has 130 valence electrons. The minimum Gasteiger partial charge on any atom is -0.476 e. The number of aromatic carboxylic acids is 1. The molecular weight excluding hydrogens is 338 g/mol. The number of hydrogen-bond acceptors (Lipinski definition) is 3. The van der Waals surface area contributed by atoms with E-state index in [1.165, 1.54) is 0 Å². The van der Waals surface area contributed by atoms with Crippen molar-refractivity contribution in [2.24, 2.45) is 0 Å². The Balaban J connectivity index is 2.46. The zero-order chi connectivity index (χ0) is 18.3. The Labute approximate surface area is 151 Å². The zero-order valence-corrected chi connectivity index (χ0v) is 15.4. The number of benzene rings is 1. The van der Waals surface area contributed by atoms with Crippen LogP contribution in [0.15, 0.2) is 24.3 Å². The van der Waals surface area contributed by atoms with Crippen molar-refractivity contribution in [3.63, 3.8) is 0 Å². The molecule has 0 aliphatic heterocycles. The van der Waals surface area contributed by atoms with Crippen LogP contribution in [0.3, 0.4) is 0 Å². The van der Waals surface area contributed by atoms with Crippen molar-refractivity contribution in [1.29, 1.82) is 0 Å². The molecule has 1 aromatic carbocycles. The van der Waals surface area contributed by atoms with Crippen molar-refractivity contribution in [3.05, 3.63) is 51.9 Å². The Morgan fingerprint density at radius 3 is 2.64 bits per heavy atom. The van der Waals surface area contributed by atoms with Gasteiger partial charge in [-0.1, -0.05) is 44.5 Å². The molecule has 1 N–H and O–H groups in total. The van der Waals surface area contributed by atoms with Crippen molar-refractivity contribution in [3.8, 4) is 11.1 Å². The summed E-state index contributed by atoms with van der Waals surface area (Å²) in [5.74, 6) is -0.901. The predicted octanol–water partition coefficient (Wildman–Crippen LogP) is 4.74. The number of carboxylic acids is 1. The molecule has 6 heteroatoms. The highest BCUT2D eigenvalue weighted by atomic mass is 35.5. The van der Waals surface area contributed by atoms with Crippen LogP contribution in [0.1, 0.15) is 54.1 Å². The number of aromatic nitrogens is 3. The van der Waals surface area contributed by atoms with Crippen LogP contribution in [0, 0.1) is 6.92 Å². The Bertz CT molecular complexity index is 976. The number of halogens is 1. The molecule has 0 aliphatic carbocycles. The summed E-state index contributed by atoms with van der Waals surface area (Å²) in [5.41, 5.74) is 4.76. The lowest BCUT2D eigenvalue weighted by molar-refractivity contribution is 0.0689. The molecule has 5 nitrogen and oxygen atoms in total. The van der Waals surface area contributed by atoms with Gasteiger partial charge in [0, 0.05) is 16.1 Å². The maximum atomic E-state index is 11.8. The van der Waals surface area contributed by atoms with Gasteiger partial charge in [-0.15, -0.1) is 0 Å². The molecular formula is C19H20ClN3O2. The van der Waals surface area contributed by atoms with Crippen LogP contribution in [0.4, 0.5) is 0 Å². The summed E-state index contributed by atoms with van der Waals surface area (Å²) < 4.78 is 1.79. The first-order valence-electron chi connectivity index (χ1n) is 8.26. The van der Waals surface area contributed by atoms with Crippen molar-refractivity contribution in [2.45, 2.75) is 40.0 Å². The third kappa shape index (κ3) is 2.89. The van der Waals surface area contributed by atoms with Crippen LogP contribution in [-0.2, 0) is 6.42 Å². The fraction of sp³-hybridized carbons (Fsp3) is 0.316. The molecule has 0 saturated heterocycles. The second-order valence-electron chi connectivity index (χ2n) is 6.34. The molecule has 0 saturated carbocycles. The standard InChI is InChI=1S/C19H20ClN3O2/c1-5-14-16(19(24)25)21-18-15(12-7-6-8-13(20)9-12)11(4)22-23(18)17(14)10(2)3/h6-10H,5H2,1-4H3,(H,24,25). The summed E-state index contributed by atoms with van der Waals surface area (Å²) in [6.45, 7) is 7.92. The molecule has 2 aromatic heterocycles. The summed E-state index contributed by atoms with van der Waals surface area (Å²) in [6, 6.07) is 7.44. The molecule has 0 radical (unpaired) electrons. The lowest BCUT2D eigenvalue weighted by Gasteiger charge is -2.16. The van der Waals surface area contributed by atoms with Gasteiger partial charge in [0.1, 0.15) is 0 Å². The fourth-order valence-corrected chi connectivity index (χ4v) is 3.50. The lowest BCUT2D eigenvalue weighted by atomic mass is 9.99. The van der Waals surface area contributed by atoms with Crippen LogP contribution in [0.25, 0.3) is 16.8 Å². The third-order valence-electron chi connectivity index (χ3n) is 4.29. The van der Waals surface area contributed by atoms with E-state index in [9.17, 15) is 9.90 Å². The second-order valence-corrected chi connectivity index (χ2v) is 6.78. The number of hydrogen-bond donors (Lipinski definition) is 1. The van der Waals surface area contributed by atoms with E-state index in [1.807, 2.05) is 45.9 Å². The molecule has 0 atom stereocenters. The Hall–Kier alpha value is -2.40. The summed E-state index contributed by atoms with van der Waals surface area (Å²) >= 11 is 6.13. The van der Waals surface area contributed by atoms with Crippen LogP contribution < -0.4 is 0 Å². The number of rotatable bonds is 4. The normalized spacial score (nSPS) is 11.4. The van der Waals surface area contributed by atoms with Gasteiger partial charge in [-0.25, -0.2) is 14.3 Å². The average molecular weight is 358 g/mol. The van der Waals surface area contributed by atoms with Crippen molar-refractivity contribution < 1.29 is 9.90 Å². The van der Waals surface area contributed by atoms with Crippen LogP contribution >= 0.6 is 11.6 Å². The monoisotopic (exact) mass is 357 g/mol. The highest BCUT2D eigenvalue weighted by molar-refractivity contribution is 6.30. The van der Waals surface area contributed by atoms with Gasteiger partial charge >= 0.3 is 5.97 Å². The minimum absolute atomic E-state index is 0.0990. The van der Waals surface area contributed by atoms with Crippen LogP contribution in [0.5, 0.6) is 0 Å². The van der Waals surface area contributed by atoms with Crippen LogP contribution in [-0.4, -0.2) is 25.7 Å². The van der Waals surface area contributed by atoms with Crippen molar-refractivity contribution in [2.75, 3.05) is 0 Å². The van der Waals surface area contributed by atoms with E-state index >= 15 is 0 Å². The van der Waals surface area contributed by atoms with Gasteiger partial charge in [0.25, 0.3) is 0 Å². The molecule has 3 rings (SSSR count). The molecule has 0 unspecified atom stereocenters. The SMILES string of the molecule is CCc1c(C(=O)O)nc2c(-c3cccc(Cl)c3)c(C)nn2c1C(C)C. The van der Waals surface area contributed by atoms with E-state index in [1.54, 1.807) is 10.6 Å². The van der Waals surface area contributed by atoms with E-state index in [4.69, 9.17) is 11.6 Å². The second kappa shape index (κ2) is 6.48. The van der Waals surface area contributed by atoms with Crippen LogP contribution in [0.2, 0.25) is 5.02 Å². The van der Waals surface area contributed by atoms with E-state index in [-0.39, 0.29) is 11.6 Å². The van der Waals surface area contributed by atoms with E-state index < -0.39 is 5.97 Å². The maximum absolute atomic E-state index is 11.8. The lowest BCUT2D eigenvalue weighted by Crippen LogP contribution is -2.15. The molecule has 0 spiro atoms. The largest absolute Gasteiger partial charge is 0.476 e. The highest BCUT2D eigenvalue weighted by Gasteiger charge is 2.24. The Morgan fingerprint density at radius 1 is 1.36 bits per heavy atom. The van der Waals surface area contributed by atoms with Gasteiger partial charge in [-0.2, -0.15) is 5.10 Å². The number of fused-ring (bicyclic) bond motifs is 1. The quantitative estimate of drug-likeness (QED) is 0.732. The number of aryl methyl sites for hydroxylation is 1. The highest BCUT2D eigenvalue weighted by Crippen LogP contribution is 2.33. The van der Waals surface area contributed by atoms with E-state index in [0.717, 1.165) is 28.1 Å². The van der Waals surface area contributed by atoms with Gasteiger partial charge in [0.2, 0.25) is 0 Å². The van der Waals surface area contributed by atoms with Gasteiger partial charge in [0.15, 0.2) is 11.3 Å². The van der Waals surface area contributed by atoms with Crippen molar-refractivity contribution in [1.82, 2.24) is 14.6 Å². The van der Waals surface area contributed by atoms with Crippen molar-refractivity contribution >= 4 is 23.2 Å². The zero-order valence-electron chi connectivity index (χ0n) is 14.7. The van der Waals surface area contributed by atoms with Gasteiger partial charge < -0.3 is 5.11 Å². The Morgan fingerprint density at radius 2 is 2.08 bits per heavy atom. The predicted molar refractivity (Wildman–Crippen MR) is 98.6 cm³/mol. The molecule has 0 amide bonds. The van der Waals surface area contributed by atoms with E-state index in [0.29, 0.717) is 17.1 Å². The minimum atomic E-state index is -1.02. The first-order valence-corrected chi connectivity index (χ1v) is 8.64. The Kier molecular flexibility index (Phi) is 4.52. The molecule has 0 fully saturated rings. The number of carbonyl (C=O) groups is 1. The maximum Gasteiger partial charge on any atom is 0.354 e. The molecule has 3 aromatic rings. The third-order valence-corrected chi connectivity index (χ3v) is 4.53. The summed E-state index contributed by atoms with van der Waals surface area (Å²) in [7, 11) is 0. The van der Waals surface area contributed by atoms with Gasteiger partial charge in [0.05, 0.1) is 11.4 Å². The summed E-state index contributed by atoms with van der Waals surface area (Å²) in [5, 5.41) is 14.9. The molecule has 0 bridgehead atoms. The number of nitrogens with zero attached hydrogens (tertiary/aromatic N) is 3. The fourth-order valence-electron chi connectivity index (χ4n) is 3.31. The molecule has 0 aliphatic rings. The number of carboxylic acid groups (broad SMARTS) is 1. The first kappa shape index (κ1) is 17.4. The summed E-state index contributed by atoms with van der Waals surface area (Å²) in [6.07, 6.45) is 0.587. The first-order chi connectivity index (χ1) is 11.8. The van der Waals surface area contributed by atoms with E-state index in [2.05, 4.69) is 10.1 Å². The van der Waals surface area contributed by atoms with Gasteiger partial charge in [-0.05, 0) is 37.0 Å². The average Bonchev–Trinajstić information content (AvgIpc) is 2.87. The smallest absolute Gasteiger partial charge is 0.354 e. The van der Waals surface area contributed by atoms with Gasteiger partial charge in [-0.3, -0.25) is 0 Å². The topological polar surface area (TPSA) is 67.5 Å².